The molecule has 0 aliphatic carbocycles. The summed E-state index contributed by atoms with van der Waals surface area (Å²) < 4.78 is 12.4. The normalized spacial score (nSPS) is 10.8. The first-order valence-electron chi connectivity index (χ1n) is 8.93. The minimum absolute atomic E-state index is 0.458. The molecule has 0 fully saturated rings. The van der Waals surface area contributed by atoms with E-state index in [0.29, 0.717) is 18.1 Å². The lowest BCUT2D eigenvalue weighted by molar-refractivity contribution is 0.414. The van der Waals surface area contributed by atoms with Crippen molar-refractivity contribution in [3.8, 4) is 17.2 Å². The standard InChI is InChI=1S/C20H20N6O2/c1-27-17-6-3-15(4-7-17)13-19-24-20(28-25-19)16-5-8-18(22-14-16)21-10-12-26-11-2-9-23-26/h2-9,11,14H,10,12-13H2,1H3,(H,21,22). The maximum absolute atomic E-state index is 5.38. The summed E-state index contributed by atoms with van der Waals surface area (Å²) in [5, 5.41) is 11.5. The second-order valence-corrected chi connectivity index (χ2v) is 6.17. The van der Waals surface area contributed by atoms with Gasteiger partial charge in [0.25, 0.3) is 5.89 Å². The number of rotatable bonds is 8. The summed E-state index contributed by atoms with van der Waals surface area (Å²) in [6.45, 7) is 1.51. The van der Waals surface area contributed by atoms with Crippen LogP contribution in [-0.4, -0.2) is 38.6 Å². The van der Waals surface area contributed by atoms with Crippen LogP contribution in [0.15, 0.2) is 65.6 Å². The Labute approximate surface area is 162 Å². The molecule has 0 saturated carbocycles. The van der Waals surface area contributed by atoms with Gasteiger partial charge in [-0.05, 0) is 35.9 Å². The highest BCUT2D eigenvalue weighted by Crippen LogP contribution is 2.19. The number of nitrogens with zero attached hydrogens (tertiary/aromatic N) is 5. The van der Waals surface area contributed by atoms with Gasteiger partial charge < -0.3 is 14.6 Å². The summed E-state index contributed by atoms with van der Waals surface area (Å²) in [6, 6.07) is 13.5. The lowest BCUT2D eigenvalue weighted by Crippen LogP contribution is -2.11. The van der Waals surface area contributed by atoms with Crippen LogP contribution >= 0.6 is 0 Å². The zero-order valence-corrected chi connectivity index (χ0v) is 15.4. The molecule has 0 unspecified atom stereocenters. The third-order valence-electron chi connectivity index (χ3n) is 4.21. The van der Waals surface area contributed by atoms with Gasteiger partial charge >= 0.3 is 0 Å². The molecule has 3 heterocycles. The second-order valence-electron chi connectivity index (χ2n) is 6.17. The van der Waals surface area contributed by atoms with Crippen molar-refractivity contribution in [2.75, 3.05) is 19.0 Å². The topological polar surface area (TPSA) is 90.9 Å². The van der Waals surface area contributed by atoms with E-state index in [1.165, 1.54) is 0 Å². The van der Waals surface area contributed by atoms with E-state index in [1.54, 1.807) is 19.5 Å². The molecule has 0 saturated heterocycles. The summed E-state index contributed by atoms with van der Waals surface area (Å²) in [6.07, 6.45) is 6.01. The number of benzene rings is 1. The number of anilines is 1. The lowest BCUT2D eigenvalue weighted by Gasteiger charge is -2.05. The molecule has 0 spiro atoms. The Morgan fingerprint density at radius 3 is 2.75 bits per heavy atom. The minimum atomic E-state index is 0.458. The first-order valence-corrected chi connectivity index (χ1v) is 8.93. The number of nitrogens with one attached hydrogen (secondary N) is 1. The fourth-order valence-corrected chi connectivity index (χ4v) is 2.73. The third-order valence-corrected chi connectivity index (χ3v) is 4.21. The van der Waals surface area contributed by atoms with E-state index in [4.69, 9.17) is 9.26 Å². The van der Waals surface area contributed by atoms with Crippen molar-refractivity contribution in [1.29, 1.82) is 0 Å². The van der Waals surface area contributed by atoms with E-state index in [2.05, 4.69) is 25.5 Å². The molecule has 28 heavy (non-hydrogen) atoms. The van der Waals surface area contributed by atoms with Crippen molar-refractivity contribution in [1.82, 2.24) is 24.9 Å². The molecule has 0 aliphatic rings. The van der Waals surface area contributed by atoms with Crippen molar-refractivity contribution >= 4 is 5.82 Å². The largest absolute Gasteiger partial charge is 0.497 e. The summed E-state index contributed by atoms with van der Waals surface area (Å²) in [4.78, 5) is 8.87. The van der Waals surface area contributed by atoms with Crippen molar-refractivity contribution in [2.45, 2.75) is 13.0 Å². The van der Waals surface area contributed by atoms with Gasteiger partial charge in [-0.2, -0.15) is 10.1 Å². The molecule has 0 aliphatic heterocycles. The number of pyridine rings is 1. The fraction of sp³-hybridized carbons (Fsp3) is 0.200. The summed E-state index contributed by atoms with van der Waals surface area (Å²) in [5.41, 5.74) is 1.87. The number of hydrogen-bond acceptors (Lipinski definition) is 7. The van der Waals surface area contributed by atoms with E-state index in [-0.39, 0.29) is 0 Å². The van der Waals surface area contributed by atoms with E-state index < -0.39 is 0 Å². The lowest BCUT2D eigenvalue weighted by atomic mass is 10.1. The van der Waals surface area contributed by atoms with Crippen LogP contribution in [0.4, 0.5) is 5.82 Å². The molecule has 3 aromatic heterocycles. The first-order chi connectivity index (χ1) is 13.8. The maximum atomic E-state index is 5.38. The number of aromatic nitrogens is 5. The molecule has 0 bridgehead atoms. The predicted molar refractivity (Wildman–Crippen MR) is 104 cm³/mol. The SMILES string of the molecule is COc1ccc(Cc2noc(-c3ccc(NCCn4cccn4)nc3)n2)cc1. The van der Waals surface area contributed by atoms with Crippen LogP contribution in [0.3, 0.4) is 0 Å². The summed E-state index contributed by atoms with van der Waals surface area (Å²) in [5.74, 6) is 2.69. The van der Waals surface area contributed by atoms with Crippen LogP contribution in [0.1, 0.15) is 11.4 Å². The van der Waals surface area contributed by atoms with Crippen LogP contribution in [0.2, 0.25) is 0 Å². The highest BCUT2D eigenvalue weighted by Gasteiger charge is 2.10. The van der Waals surface area contributed by atoms with Gasteiger partial charge in [0.2, 0.25) is 0 Å². The van der Waals surface area contributed by atoms with E-state index in [1.807, 2.05) is 53.3 Å². The second kappa shape index (κ2) is 8.34. The van der Waals surface area contributed by atoms with Gasteiger partial charge in [0, 0.05) is 31.6 Å². The molecule has 1 N–H and O–H groups in total. The summed E-state index contributed by atoms with van der Waals surface area (Å²) in [7, 11) is 1.65. The first kappa shape index (κ1) is 17.7. The van der Waals surface area contributed by atoms with Gasteiger partial charge in [-0.25, -0.2) is 4.98 Å². The van der Waals surface area contributed by atoms with Crippen LogP contribution in [0, 0.1) is 0 Å². The Morgan fingerprint density at radius 2 is 2.04 bits per heavy atom. The van der Waals surface area contributed by atoms with Crippen molar-refractivity contribution < 1.29 is 9.26 Å². The van der Waals surface area contributed by atoms with E-state index >= 15 is 0 Å². The molecule has 0 radical (unpaired) electrons. The van der Waals surface area contributed by atoms with Crippen molar-refractivity contribution in [2.24, 2.45) is 0 Å². The van der Waals surface area contributed by atoms with Crippen LogP contribution < -0.4 is 10.1 Å². The number of methoxy groups -OCH3 is 1. The molecule has 142 valence electrons. The average molecular weight is 376 g/mol. The Bertz CT molecular complexity index is 994. The quantitative estimate of drug-likeness (QED) is 0.505. The van der Waals surface area contributed by atoms with Crippen molar-refractivity contribution in [3.05, 3.63) is 72.4 Å². The molecule has 1 aromatic carbocycles. The van der Waals surface area contributed by atoms with Gasteiger partial charge in [-0.15, -0.1) is 0 Å². The molecular formula is C20H20N6O2. The highest BCUT2D eigenvalue weighted by molar-refractivity contribution is 5.54. The van der Waals surface area contributed by atoms with Crippen LogP contribution in [-0.2, 0) is 13.0 Å². The molecular weight excluding hydrogens is 356 g/mol. The Hall–Kier alpha value is -3.68. The number of ether oxygens (including phenoxy) is 1. The Balaban J connectivity index is 1.35. The fourth-order valence-electron chi connectivity index (χ4n) is 2.73. The molecule has 4 rings (SSSR count). The zero-order chi connectivity index (χ0) is 19.2. The highest BCUT2D eigenvalue weighted by atomic mass is 16.5. The monoisotopic (exact) mass is 376 g/mol. The predicted octanol–water partition coefficient (Wildman–Crippen LogP) is 3.04. The van der Waals surface area contributed by atoms with E-state index in [9.17, 15) is 0 Å². The number of hydrogen-bond donors (Lipinski definition) is 1. The van der Waals surface area contributed by atoms with E-state index in [0.717, 1.165) is 35.8 Å². The molecule has 8 heteroatoms. The van der Waals surface area contributed by atoms with Crippen molar-refractivity contribution in [3.63, 3.8) is 0 Å². The Kier molecular flexibility index (Phi) is 5.28. The third kappa shape index (κ3) is 4.35. The van der Waals surface area contributed by atoms with Crippen LogP contribution in [0.25, 0.3) is 11.5 Å². The van der Waals surface area contributed by atoms with Crippen LogP contribution in [0.5, 0.6) is 5.75 Å². The minimum Gasteiger partial charge on any atom is -0.497 e. The van der Waals surface area contributed by atoms with Gasteiger partial charge in [0.05, 0.1) is 19.2 Å². The molecule has 8 nitrogen and oxygen atoms in total. The smallest absolute Gasteiger partial charge is 0.259 e. The summed E-state index contributed by atoms with van der Waals surface area (Å²) >= 11 is 0. The molecule has 4 aromatic rings. The van der Waals surface area contributed by atoms with Gasteiger partial charge in [0.15, 0.2) is 5.82 Å². The zero-order valence-electron chi connectivity index (χ0n) is 15.4. The average Bonchev–Trinajstić information content (AvgIpc) is 3.41. The Morgan fingerprint density at radius 1 is 1.14 bits per heavy atom. The maximum Gasteiger partial charge on any atom is 0.259 e. The molecule has 0 atom stereocenters. The van der Waals surface area contributed by atoms with Gasteiger partial charge in [-0.1, -0.05) is 17.3 Å². The van der Waals surface area contributed by atoms with Gasteiger partial charge in [-0.3, -0.25) is 4.68 Å². The van der Waals surface area contributed by atoms with Gasteiger partial charge in [0.1, 0.15) is 11.6 Å². The molecule has 0 amide bonds.